The van der Waals surface area contributed by atoms with Crippen LogP contribution in [0.5, 0.6) is 0 Å². The summed E-state index contributed by atoms with van der Waals surface area (Å²) in [6, 6.07) is 1.42. The number of sulfone groups is 1. The Labute approximate surface area is 114 Å². The summed E-state index contributed by atoms with van der Waals surface area (Å²) in [5.74, 6) is -3.77. The minimum atomic E-state index is -3.57. The average molecular weight is 305 g/mol. The number of ether oxygens (including phenoxy) is 1. The molecule has 0 saturated carbocycles. The van der Waals surface area contributed by atoms with Gasteiger partial charge in [0.2, 0.25) is 0 Å². The van der Waals surface area contributed by atoms with Gasteiger partial charge in [-0.05, 0) is 6.07 Å². The van der Waals surface area contributed by atoms with Crippen LogP contribution in [0.4, 0.5) is 8.78 Å². The highest BCUT2D eigenvalue weighted by Crippen LogP contribution is 2.25. The Morgan fingerprint density at radius 1 is 1.35 bits per heavy atom. The van der Waals surface area contributed by atoms with Gasteiger partial charge in [0.15, 0.2) is 21.5 Å². The predicted octanol–water partition coefficient (Wildman–Crippen LogP) is 0.565. The molecule has 8 heteroatoms. The third kappa shape index (κ3) is 2.96. The van der Waals surface area contributed by atoms with Crippen LogP contribution < -0.4 is 5.32 Å². The number of carbonyl (C=O) groups is 1. The molecule has 2 rings (SSSR count). The first-order valence-electron chi connectivity index (χ1n) is 5.82. The quantitative estimate of drug-likeness (QED) is 0.809. The number of hydrogen-bond acceptors (Lipinski definition) is 5. The number of methoxy groups -OCH3 is 1. The molecule has 1 aromatic carbocycles. The van der Waals surface area contributed by atoms with Crippen molar-refractivity contribution in [3.05, 3.63) is 35.4 Å². The molecule has 1 aromatic rings. The van der Waals surface area contributed by atoms with Gasteiger partial charge in [-0.25, -0.2) is 17.2 Å². The van der Waals surface area contributed by atoms with Crippen molar-refractivity contribution in [3.63, 3.8) is 0 Å². The molecule has 2 atom stereocenters. The van der Waals surface area contributed by atoms with Crippen LogP contribution in [0.2, 0.25) is 0 Å². The average Bonchev–Trinajstić information content (AvgIpc) is 2.39. The van der Waals surface area contributed by atoms with E-state index in [1.165, 1.54) is 12.1 Å². The van der Waals surface area contributed by atoms with E-state index in [0.29, 0.717) is 0 Å². The Kier molecular flexibility index (Phi) is 4.05. The Morgan fingerprint density at radius 3 is 2.70 bits per heavy atom. The first-order chi connectivity index (χ1) is 9.34. The van der Waals surface area contributed by atoms with Crippen LogP contribution in [0.25, 0.3) is 0 Å². The van der Waals surface area contributed by atoms with Crippen molar-refractivity contribution in [2.24, 2.45) is 0 Å². The molecule has 1 aliphatic rings. The highest BCUT2D eigenvalue weighted by molar-refractivity contribution is 7.91. The van der Waals surface area contributed by atoms with Gasteiger partial charge in [0.1, 0.15) is 6.04 Å². The molecular formula is C12H13F2NO4S. The van der Waals surface area contributed by atoms with Crippen LogP contribution in [-0.4, -0.2) is 39.0 Å². The summed E-state index contributed by atoms with van der Waals surface area (Å²) >= 11 is 0. The van der Waals surface area contributed by atoms with Crippen LogP contribution in [-0.2, 0) is 19.4 Å². The number of rotatable bonds is 2. The predicted molar refractivity (Wildman–Crippen MR) is 66.7 cm³/mol. The maximum atomic E-state index is 13.7. The monoisotopic (exact) mass is 305 g/mol. The van der Waals surface area contributed by atoms with E-state index in [9.17, 15) is 22.0 Å². The van der Waals surface area contributed by atoms with Crippen LogP contribution in [0.15, 0.2) is 18.2 Å². The minimum Gasteiger partial charge on any atom is -0.468 e. The lowest BCUT2D eigenvalue weighted by Crippen LogP contribution is -2.51. The highest BCUT2D eigenvalue weighted by Gasteiger charge is 2.37. The van der Waals surface area contributed by atoms with Gasteiger partial charge in [0.05, 0.1) is 18.6 Å². The zero-order valence-corrected chi connectivity index (χ0v) is 11.4. The van der Waals surface area contributed by atoms with Gasteiger partial charge in [0, 0.05) is 11.6 Å². The van der Waals surface area contributed by atoms with Crippen molar-refractivity contribution in [1.82, 2.24) is 5.32 Å². The number of halogens is 2. The summed E-state index contributed by atoms with van der Waals surface area (Å²) in [6.45, 7) is 0. The topological polar surface area (TPSA) is 72.5 Å². The molecule has 0 aromatic heterocycles. The lowest BCUT2D eigenvalue weighted by molar-refractivity contribution is -0.142. The molecule has 20 heavy (non-hydrogen) atoms. The van der Waals surface area contributed by atoms with Crippen molar-refractivity contribution in [2.75, 3.05) is 18.6 Å². The van der Waals surface area contributed by atoms with Gasteiger partial charge in [0.25, 0.3) is 0 Å². The van der Waals surface area contributed by atoms with Gasteiger partial charge < -0.3 is 4.74 Å². The van der Waals surface area contributed by atoms with Crippen molar-refractivity contribution in [3.8, 4) is 0 Å². The largest absolute Gasteiger partial charge is 0.468 e. The second kappa shape index (κ2) is 5.45. The second-order valence-electron chi connectivity index (χ2n) is 4.51. The molecule has 0 radical (unpaired) electrons. The van der Waals surface area contributed by atoms with E-state index in [-0.39, 0.29) is 5.56 Å². The first kappa shape index (κ1) is 14.9. The minimum absolute atomic E-state index is 0.123. The Bertz CT molecular complexity index is 632. The van der Waals surface area contributed by atoms with E-state index in [0.717, 1.165) is 13.2 Å². The summed E-state index contributed by atoms with van der Waals surface area (Å²) < 4.78 is 55.0. The molecule has 0 aliphatic carbocycles. The van der Waals surface area contributed by atoms with Crippen molar-refractivity contribution in [2.45, 2.75) is 12.1 Å². The number of carbonyl (C=O) groups excluding carboxylic acids is 1. The smallest absolute Gasteiger partial charge is 0.323 e. The van der Waals surface area contributed by atoms with E-state index < -0.39 is 51.0 Å². The van der Waals surface area contributed by atoms with Crippen LogP contribution in [0.3, 0.4) is 0 Å². The van der Waals surface area contributed by atoms with Crippen LogP contribution in [0.1, 0.15) is 11.6 Å². The molecule has 5 nitrogen and oxygen atoms in total. The van der Waals surface area contributed by atoms with Gasteiger partial charge in [-0.2, -0.15) is 0 Å². The van der Waals surface area contributed by atoms with E-state index >= 15 is 0 Å². The molecule has 1 saturated heterocycles. The summed E-state index contributed by atoms with van der Waals surface area (Å²) in [5.41, 5.74) is -0.123. The third-order valence-electron chi connectivity index (χ3n) is 3.09. The third-order valence-corrected chi connectivity index (χ3v) is 4.77. The van der Waals surface area contributed by atoms with Gasteiger partial charge in [-0.1, -0.05) is 12.1 Å². The summed E-state index contributed by atoms with van der Waals surface area (Å²) in [6.07, 6.45) is 0. The van der Waals surface area contributed by atoms with Crippen molar-refractivity contribution >= 4 is 15.8 Å². The zero-order chi connectivity index (χ0) is 14.9. The molecular weight excluding hydrogens is 292 g/mol. The molecule has 1 fully saturated rings. The lowest BCUT2D eigenvalue weighted by atomic mass is 10.1. The van der Waals surface area contributed by atoms with Crippen molar-refractivity contribution < 1.29 is 26.7 Å². The summed E-state index contributed by atoms with van der Waals surface area (Å²) in [5, 5.41) is 2.68. The number of esters is 1. The number of nitrogens with one attached hydrogen (secondary N) is 1. The molecule has 1 N–H and O–H groups in total. The fraction of sp³-hybridized carbons (Fsp3) is 0.417. The number of hydrogen-bond donors (Lipinski definition) is 1. The highest BCUT2D eigenvalue weighted by atomic mass is 32.2. The zero-order valence-electron chi connectivity index (χ0n) is 10.6. The van der Waals surface area contributed by atoms with E-state index in [1.54, 1.807) is 0 Å². The Morgan fingerprint density at radius 2 is 2.05 bits per heavy atom. The fourth-order valence-corrected chi connectivity index (χ4v) is 3.82. The maximum absolute atomic E-state index is 13.7. The molecule has 110 valence electrons. The standard InChI is InChI=1S/C12H13F2NO4S/c1-19-12(16)10-6-20(17,18)5-9(15-10)7-3-2-4-8(13)11(7)14/h2-4,9-10,15H,5-6H2,1H3. The molecule has 1 heterocycles. The molecule has 0 bridgehead atoms. The number of benzene rings is 1. The normalized spacial score (nSPS) is 25.1. The maximum Gasteiger partial charge on any atom is 0.323 e. The summed E-state index contributed by atoms with van der Waals surface area (Å²) in [4.78, 5) is 11.5. The van der Waals surface area contributed by atoms with Gasteiger partial charge >= 0.3 is 5.97 Å². The van der Waals surface area contributed by atoms with Crippen LogP contribution >= 0.6 is 0 Å². The van der Waals surface area contributed by atoms with E-state index in [2.05, 4.69) is 10.1 Å². The SMILES string of the molecule is COC(=O)C1CS(=O)(=O)CC(c2cccc(F)c2F)N1. The van der Waals surface area contributed by atoms with Crippen LogP contribution in [0, 0.1) is 11.6 Å². The molecule has 0 amide bonds. The molecule has 1 aliphatic heterocycles. The van der Waals surface area contributed by atoms with E-state index in [1.807, 2.05) is 0 Å². The molecule has 2 unspecified atom stereocenters. The van der Waals surface area contributed by atoms with Gasteiger partial charge in [-0.3, -0.25) is 10.1 Å². The Balaban J connectivity index is 2.36. The lowest BCUT2D eigenvalue weighted by Gasteiger charge is -2.29. The van der Waals surface area contributed by atoms with Gasteiger partial charge in [-0.15, -0.1) is 0 Å². The molecule has 0 spiro atoms. The summed E-state index contributed by atoms with van der Waals surface area (Å²) in [7, 11) is -2.44. The Hall–Kier alpha value is -1.54. The van der Waals surface area contributed by atoms with Crippen molar-refractivity contribution in [1.29, 1.82) is 0 Å². The second-order valence-corrected chi connectivity index (χ2v) is 6.67. The first-order valence-corrected chi connectivity index (χ1v) is 7.64. The van der Waals surface area contributed by atoms with E-state index in [4.69, 9.17) is 0 Å². The fourth-order valence-electron chi connectivity index (χ4n) is 2.16.